The summed E-state index contributed by atoms with van der Waals surface area (Å²) in [7, 11) is 0. The minimum Gasteiger partial charge on any atom is -0.452 e. The van der Waals surface area contributed by atoms with Crippen molar-refractivity contribution in [2.75, 3.05) is 6.61 Å². The molecule has 1 N–H and O–H groups in total. The van der Waals surface area contributed by atoms with Gasteiger partial charge in [-0.2, -0.15) is 0 Å². The first-order valence-electron chi connectivity index (χ1n) is 8.59. The van der Waals surface area contributed by atoms with Gasteiger partial charge in [-0.05, 0) is 26.3 Å². The first-order chi connectivity index (χ1) is 12.4. The van der Waals surface area contributed by atoms with E-state index in [4.69, 9.17) is 4.74 Å². The molecule has 0 saturated heterocycles. The molecule has 0 radical (unpaired) electrons. The largest absolute Gasteiger partial charge is 0.452 e. The monoisotopic (exact) mass is 353 g/mol. The molecule has 0 aliphatic heterocycles. The van der Waals surface area contributed by atoms with Crippen LogP contribution < -0.4 is 5.32 Å². The van der Waals surface area contributed by atoms with Crippen molar-refractivity contribution in [1.82, 2.24) is 5.32 Å². The number of benzene rings is 2. The minimum absolute atomic E-state index is 0.0107. The van der Waals surface area contributed by atoms with E-state index in [0.29, 0.717) is 5.56 Å². The molecule has 0 unspecified atom stereocenters. The predicted molar refractivity (Wildman–Crippen MR) is 99.2 cm³/mol. The van der Waals surface area contributed by atoms with Crippen LogP contribution in [-0.4, -0.2) is 30.3 Å². The van der Waals surface area contributed by atoms with Crippen LogP contribution in [0.5, 0.6) is 0 Å². The second-order valence-electron chi connectivity index (χ2n) is 6.19. The maximum Gasteiger partial charge on any atom is 0.339 e. The van der Waals surface area contributed by atoms with E-state index in [1.54, 1.807) is 30.3 Å². The van der Waals surface area contributed by atoms with E-state index < -0.39 is 5.97 Å². The zero-order valence-corrected chi connectivity index (χ0v) is 15.2. The highest BCUT2D eigenvalue weighted by Gasteiger charge is 2.20. The summed E-state index contributed by atoms with van der Waals surface area (Å²) in [5, 5.41) is 2.72. The Morgan fingerprint density at radius 2 is 1.62 bits per heavy atom. The lowest BCUT2D eigenvalue weighted by Gasteiger charge is -2.12. The van der Waals surface area contributed by atoms with Crippen LogP contribution in [0, 0.1) is 6.92 Å². The van der Waals surface area contributed by atoms with E-state index in [2.05, 4.69) is 5.32 Å². The van der Waals surface area contributed by atoms with Crippen molar-refractivity contribution in [3.05, 3.63) is 70.8 Å². The molecule has 2 aromatic carbocycles. The first kappa shape index (κ1) is 19.4. The van der Waals surface area contributed by atoms with E-state index in [1.807, 2.05) is 32.9 Å². The molecule has 2 rings (SSSR count). The zero-order chi connectivity index (χ0) is 19.1. The van der Waals surface area contributed by atoms with Crippen LogP contribution in [0.3, 0.4) is 0 Å². The van der Waals surface area contributed by atoms with Crippen LogP contribution in [0.2, 0.25) is 0 Å². The van der Waals surface area contributed by atoms with E-state index in [9.17, 15) is 14.4 Å². The minimum atomic E-state index is -0.694. The molecule has 0 aliphatic rings. The van der Waals surface area contributed by atoms with Crippen LogP contribution in [0.1, 0.15) is 52.1 Å². The molecule has 0 fully saturated rings. The number of rotatable bonds is 7. The van der Waals surface area contributed by atoms with Gasteiger partial charge in [0, 0.05) is 17.2 Å². The quantitative estimate of drug-likeness (QED) is 0.612. The molecule has 1 amide bonds. The Kier molecular flexibility index (Phi) is 6.67. The predicted octanol–water partition coefficient (Wildman–Crippen LogP) is 3.30. The molecule has 2 aromatic rings. The van der Waals surface area contributed by atoms with Gasteiger partial charge in [0.05, 0.1) is 5.56 Å². The van der Waals surface area contributed by atoms with Crippen molar-refractivity contribution in [3.8, 4) is 0 Å². The summed E-state index contributed by atoms with van der Waals surface area (Å²) in [4.78, 5) is 36.8. The van der Waals surface area contributed by atoms with Crippen LogP contribution in [-0.2, 0) is 9.53 Å². The van der Waals surface area contributed by atoms with Crippen molar-refractivity contribution in [2.24, 2.45) is 0 Å². The first-order valence-corrected chi connectivity index (χ1v) is 8.59. The van der Waals surface area contributed by atoms with Crippen LogP contribution in [0.25, 0.3) is 0 Å². The summed E-state index contributed by atoms with van der Waals surface area (Å²) in [5.41, 5.74) is 1.94. The highest BCUT2D eigenvalue weighted by atomic mass is 16.5. The topological polar surface area (TPSA) is 72.5 Å². The Hall–Kier alpha value is -2.95. The molecular formula is C21H23NO4. The van der Waals surface area contributed by atoms with Crippen LogP contribution in [0.15, 0.2) is 48.5 Å². The lowest BCUT2D eigenvalue weighted by molar-refractivity contribution is -0.124. The third-order valence-corrected chi connectivity index (χ3v) is 4.06. The number of esters is 1. The number of nitrogens with one attached hydrogen (secondary N) is 1. The molecule has 26 heavy (non-hydrogen) atoms. The maximum absolute atomic E-state index is 12.7. The third kappa shape index (κ3) is 5.02. The van der Waals surface area contributed by atoms with Gasteiger partial charge in [0.2, 0.25) is 0 Å². The van der Waals surface area contributed by atoms with E-state index >= 15 is 0 Å². The zero-order valence-electron chi connectivity index (χ0n) is 15.2. The number of hydrogen-bond donors (Lipinski definition) is 1. The van der Waals surface area contributed by atoms with Gasteiger partial charge in [-0.1, -0.05) is 55.0 Å². The molecule has 0 heterocycles. The van der Waals surface area contributed by atoms with Crippen molar-refractivity contribution < 1.29 is 19.1 Å². The molecule has 0 bridgehead atoms. The maximum atomic E-state index is 12.7. The number of carbonyl (C=O) groups is 3. The van der Waals surface area contributed by atoms with Gasteiger partial charge in [-0.25, -0.2) is 4.79 Å². The second kappa shape index (κ2) is 8.94. The fraction of sp³-hybridized carbons (Fsp3) is 0.286. The summed E-state index contributed by atoms with van der Waals surface area (Å²) in [6, 6.07) is 13.6. The fourth-order valence-corrected chi connectivity index (χ4v) is 2.35. The van der Waals surface area contributed by atoms with Crippen LogP contribution >= 0.6 is 0 Å². The van der Waals surface area contributed by atoms with Gasteiger partial charge < -0.3 is 10.1 Å². The number of amides is 1. The lowest BCUT2D eigenvalue weighted by Crippen LogP contribution is -2.35. The van der Waals surface area contributed by atoms with Gasteiger partial charge >= 0.3 is 5.97 Å². The molecule has 0 aliphatic carbocycles. The van der Waals surface area contributed by atoms with Crippen molar-refractivity contribution in [2.45, 2.75) is 33.2 Å². The molecule has 136 valence electrons. The normalized spacial score (nSPS) is 11.5. The molecule has 0 spiro atoms. The molecule has 5 nitrogen and oxygen atoms in total. The van der Waals surface area contributed by atoms with E-state index in [-0.39, 0.29) is 35.5 Å². The fourth-order valence-electron chi connectivity index (χ4n) is 2.35. The molecule has 0 saturated carbocycles. The second-order valence-corrected chi connectivity index (χ2v) is 6.19. The standard InChI is InChI=1S/C21H23NO4/c1-4-15(3)22-19(23)13-26-21(25)18-8-6-5-7-17(18)20(24)16-11-9-14(2)10-12-16/h5-12,15H,4,13H2,1-3H3,(H,22,23)/t15-/m1/s1. The number of hydrogen-bond acceptors (Lipinski definition) is 4. The Bertz CT molecular complexity index is 796. The number of ketones is 1. The Morgan fingerprint density at radius 1 is 1.00 bits per heavy atom. The summed E-state index contributed by atoms with van der Waals surface area (Å²) in [6.07, 6.45) is 0.785. The molecule has 5 heteroatoms. The molecule has 1 atom stereocenters. The van der Waals surface area contributed by atoms with Gasteiger partial charge in [0.1, 0.15) is 0 Å². The Morgan fingerprint density at radius 3 is 2.23 bits per heavy atom. The van der Waals surface area contributed by atoms with Gasteiger partial charge in [0.15, 0.2) is 12.4 Å². The average Bonchev–Trinajstić information content (AvgIpc) is 2.66. The smallest absolute Gasteiger partial charge is 0.339 e. The number of ether oxygens (including phenoxy) is 1. The Balaban J connectivity index is 2.12. The number of carbonyl (C=O) groups excluding carboxylic acids is 3. The summed E-state index contributed by atoms with van der Waals surface area (Å²) in [6.45, 7) is 5.37. The average molecular weight is 353 g/mol. The molecule has 0 aromatic heterocycles. The highest BCUT2D eigenvalue weighted by Crippen LogP contribution is 2.16. The van der Waals surface area contributed by atoms with Crippen molar-refractivity contribution >= 4 is 17.7 Å². The van der Waals surface area contributed by atoms with Gasteiger partial charge in [0.25, 0.3) is 5.91 Å². The van der Waals surface area contributed by atoms with Crippen molar-refractivity contribution in [3.63, 3.8) is 0 Å². The lowest BCUT2D eigenvalue weighted by atomic mass is 9.98. The SMILES string of the molecule is CC[C@@H](C)NC(=O)COC(=O)c1ccccc1C(=O)c1ccc(C)cc1. The van der Waals surface area contributed by atoms with Crippen LogP contribution in [0.4, 0.5) is 0 Å². The van der Waals surface area contributed by atoms with E-state index in [1.165, 1.54) is 6.07 Å². The van der Waals surface area contributed by atoms with E-state index in [0.717, 1.165) is 12.0 Å². The Labute approximate surface area is 153 Å². The summed E-state index contributed by atoms with van der Waals surface area (Å²) >= 11 is 0. The summed E-state index contributed by atoms with van der Waals surface area (Å²) in [5.74, 6) is -1.32. The highest BCUT2D eigenvalue weighted by molar-refractivity contribution is 6.14. The number of aryl methyl sites for hydroxylation is 1. The van der Waals surface area contributed by atoms with Gasteiger partial charge in [-0.3, -0.25) is 9.59 Å². The summed E-state index contributed by atoms with van der Waals surface area (Å²) < 4.78 is 5.08. The third-order valence-electron chi connectivity index (χ3n) is 4.06. The molecular weight excluding hydrogens is 330 g/mol. The van der Waals surface area contributed by atoms with Gasteiger partial charge in [-0.15, -0.1) is 0 Å². The van der Waals surface area contributed by atoms with Crippen molar-refractivity contribution in [1.29, 1.82) is 0 Å².